The molecule has 1 atom stereocenters. The number of phenolic OH excluding ortho intramolecular Hbond substituents is 2. The molecule has 0 aliphatic carbocycles. The maximum atomic E-state index is 11.2. The zero-order valence-corrected chi connectivity index (χ0v) is 21.3. The van der Waals surface area contributed by atoms with Gasteiger partial charge in [-0.15, -0.1) is 0 Å². The highest BCUT2D eigenvalue weighted by molar-refractivity contribution is 6.30. The maximum Gasteiger partial charge on any atom is 0.432 e. The third-order valence-electron chi connectivity index (χ3n) is 5.50. The first-order chi connectivity index (χ1) is 13.8. The lowest BCUT2D eigenvalue weighted by atomic mass is 9.82. The average Bonchev–Trinajstić information content (AvgIpc) is 2.61. The molecule has 0 amide bonds. The summed E-state index contributed by atoms with van der Waals surface area (Å²) in [5, 5.41) is 22.3. The van der Waals surface area contributed by atoms with Crippen LogP contribution < -0.4 is 0 Å². The second kappa shape index (κ2) is 9.35. The summed E-state index contributed by atoms with van der Waals surface area (Å²) in [7, 11) is 0. The summed E-state index contributed by atoms with van der Waals surface area (Å²) < 4.78 is 5.93. The Morgan fingerprint density at radius 3 is 1.83 bits per heavy atom. The number of benzene rings is 2. The molecule has 2 N–H and O–H groups in total. The fourth-order valence-corrected chi connectivity index (χ4v) is 5.10. The van der Waals surface area contributed by atoms with Gasteiger partial charge < -0.3 is 14.0 Å². The number of hydrogen-bond donors (Lipinski definition) is 2. The highest BCUT2D eigenvalue weighted by Crippen LogP contribution is 2.41. The quantitative estimate of drug-likeness (QED) is 0.538. The van der Waals surface area contributed by atoms with E-state index < -0.39 is 0 Å². The van der Waals surface area contributed by atoms with Crippen LogP contribution in [0.5, 0.6) is 11.5 Å². The van der Waals surface area contributed by atoms with Crippen LogP contribution in [-0.4, -0.2) is 32.4 Å². The van der Waals surface area contributed by atoms with Gasteiger partial charge in [0.15, 0.2) is 0 Å². The third kappa shape index (κ3) is 5.82. The molecule has 0 aromatic heterocycles. The molecule has 2 rings (SSSR count). The van der Waals surface area contributed by atoms with Crippen molar-refractivity contribution < 1.29 is 14.0 Å². The lowest BCUT2D eigenvalue weighted by molar-refractivity contribution is 0.351. The minimum Gasteiger partial charge on any atom is -0.507 e. The number of phenols is 2. The number of rotatable bonds is 6. The van der Waals surface area contributed by atoms with E-state index in [2.05, 4.69) is 79.7 Å². The van der Waals surface area contributed by atoms with Crippen LogP contribution in [0.25, 0.3) is 0 Å². The average molecular weight is 426 g/mol. The van der Waals surface area contributed by atoms with Crippen molar-refractivity contribution in [3.63, 3.8) is 0 Å². The molecule has 0 heterocycles. The van der Waals surface area contributed by atoms with Crippen molar-refractivity contribution in [2.45, 2.75) is 84.3 Å². The molecule has 0 aliphatic heterocycles. The van der Waals surface area contributed by atoms with Gasteiger partial charge in [-0.05, 0) is 65.1 Å². The zero-order chi connectivity index (χ0) is 22.9. The molecule has 0 saturated carbocycles. The topological polar surface area (TPSA) is 49.7 Å². The maximum absolute atomic E-state index is 11.2. The standard InChI is InChI=1S/C24H33O2.C2H5O.Al/c1-15-11-17(21(25)19(13-15)23(3,4)5)9-10-18-12-16(2)14-20(22(18)26)24(6,7)8;1-2-3;/h9,11-14,25-26H,10H2,1-8H3;2H2,1H3;/q;-1;+1. The number of aryl methyl sites for hydroxylation is 2. The molecule has 3 nitrogen and oxygen atoms in total. The van der Waals surface area contributed by atoms with E-state index in [9.17, 15) is 10.2 Å². The van der Waals surface area contributed by atoms with E-state index in [-0.39, 0.29) is 31.2 Å². The fraction of sp³-hybridized carbons (Fsp3) is 0.538. The molecule has 1 unspecified atom stereocenters. The second-order valence-corrected chi connectivity index (χ2v) is 11.9. The van der Waals surface area contributed by atoms with E-state index in [1.165, 1.54) is 0 Å². The molecule has 0 saturated heterocycles. The highest BCUT2D eigenvalue weighted by atomic mass is 27.1. The first kappa shape index (κ1) is 24.8. The normalized spacial score (nSPS) is 13.4. The van der Waals surface area contributed by atoms with E-state index in [4.69, 9.17) is 3.79 Å². The van der Waals surface area contributed by atoms with Crippen molar-refractivity contribution in [1.29, 1.82) is 0 Å². The molecular weight excluding hydrogens is 387 g/mol. The Hall–Kier alpha value is -1.47. The van der Waals surface area contributed by atoms with Gasteiger partial charge in [-0.1, -0.05) is 76.9 Å². The van der Waals surface area contributed by atoms with Gasteiger partial charge in [-0.3, -0.25) is 0 Å². The molecule has 163 valence electrons. The van der Waals surface area contributed by atoms with E-state index in [0.29, 0.717) is 24.5 Å². The fourth-order valence-electron chi connectivity index (χ4n) is 3.92. The van der Waals surface area contributed by atoms with Gasteiger partial charge in [0.1, 0.15) is 11.5 Å². The molecular formula is C26H38AlO3. The van der Waals surface area contributed by atoms with Crippen molar-refractivity contribution in [2.75, 3.05) is 6.61 Å². The van der Waals surface area contributed by atoms with Gasteiger partial charge >= 0.3 is 15.6 Å². The van der Waals surface area contributed by atoms with Crippen LogP contribution in [0.15, 0.2) is 24.3 Å². The summed E-state index contributed by atoms with van der Waals surface area (Å²) in [5.74, 6) is 0.741. The summed E-state index contributed by atoms with van der Waals surface area (Å²) in [5.41, 5.74) is 5.77. The zero-order valence-electron chi connectivity index (χ0n) is 20.2. The van der Waals surface area contributed by atoms with E-state index >= 15 is 0 Å². The predicted molar refractivity (Wildman–Crippen MR) is 127 cm³/mol. The lowest BCUT2D eigenvalue weighted by Crippen LogP contribution is -2.19. The van der Waals surface area contributed by atoms with E-state index in [1.807, 2.05) is 6.92 Å². The van der Waals surface area contributed by atoms with Crippen LogP contribution in [0, 0.1) is 13.8 Å². The van der Waals surface area contributed by atoms with Crippen molar-refractivity contribution >= 4 is 15.6 Å². The van der Waals surface area contributed by atoms with E-state index in [0.717, 1.165) is 33.4 Å². The Bertz CT molecular complexity index is 889. The van der Waals surface area contributed by atoms with Crippen LogP contribution in [0.1, 0.15) is 86.6 Å². The summed E-state index contributed by atoms with van der Waals surface area (Å²) in [6, 6.07) is 8.30. The first-order valence-electron chi connectivity index (χ1n) is 10.9. The summed E-state index contributed by atoms with van der Waals surface area (Å²) in [6.45, 7) is 19.5. The monoisotopic (exact) mass is 425 g/mol. The largest absolute Gasteiger partial charge is 0.507 e. The van der Waals surface area contributed by atoms with Crippen molar-refractivity contribution in [3.05, 3.63) is 57.6 Å². The van der Waals surface area contributed by atoms with Gasteiger partial charge in [0.05, 0.1) is 0 Å². The van der Waals surface area contributed by atoms with Crippen LogP contribution in [-0.2, 0) is 21.0 Å². The van der Waals surface area contributed by atoms with Gasteiger partial charge in [0, 0.05) is 6.61 Å². The third-order valence-corrected chi connectivity index (χ3v) is 6.95. The van der Waals surface area contributed by atoms with Crippen molar-refractivity contribution in [2.24, 2.45) is 0 Å². The smallest absolute Gasteiger partial charge is 0.432 e. The molecule has 0 bridgehead atoms. The van der Waals surface area contributed by atoms with Crippen LogP contribution >= 0.6 is 0 Å². The van der Waals surface area contributed by atoms with Crippen molar-refractivity contribution in [3.8, 4) is 11.5 Å². The Balaban J connectivity index is 2.59. The molecule has 2 aromatic carbocycles. The minimum atomic E-state index is -0.378. The summed E-state index contributed by atoms with van der Waals surface area (Å²) in [6.07, 6.45) is 0.645. The van der Waals surface area contributed by atoms with Crippen LogP contribution in [0.3, 0.4) is 0 Å². The van der Waals surface area contributed by atoms with Gasteiger partial charge in [-0.2, -0.15) is 0 Å². The predicted octanol–water partition coefficient (Wildman–Crippen LogP) is 6.25. The summed E-state index contributed by atoms with van der Waals surface area (Å²) in [4.78, 5) is 0. The summed E-state index contributed by atoms with van der Waals surface area (Å²) >= 11 is -0.378. The Labute approximate surface area is 189 Å². The van der Waals surface area contributed by atoms with Crippen molar-refractivity contribution in [1.82, 2.24) is 0 Å². The van der Waals surface area contributed by atoms with Crippen LogP contribution in [0.4, 0.5) is 0 Å². The van der Waals surface area contributed by atoms with Gasteiger partial charge in [0.25, 0.3) is 0 Å². The Morgan fingerprint density at radius 1 is 0.833 bits per heavy atom. The Morgan fingerprint density at radius 2 is 1.33 bits per heavy atom. The van der Waals surface area contributed by atoms with Gasteiger partial charge in [-0.25, -0.2) is 0 Å². The molecule has 0 fully saturated rings. The molecule has 2 aromatic rings. The number of aromatic hydroxyl groups is 2. The Kier molecular flexibility index (Phi) is 7.73. The van der Waals surface area contributed by atoms with E-state index in [1.54, 1.807) is 0 Å². The van der Waals surface area contributed by atoms with Gasteiger partial charge in [0.2, 0.25) is 0 Å². The van der Waals surface area contributed by atoms with Crippen LogP contribution in [0.2, 0.25) is 0 Å². The highest BCUT2D eigenvalue weighted by Gasteiger charge is 2.28. The first-order valence-corrected chi connectivity index (χ1v) is 12.0. The minimum absolute atomic E-state index is 0.0338. The lowest BCUT2D eigenvalue weighted by Gasteiger charge is -2.27. The molecule has 30 heavy (non-hydrogen) atoms. The number of hydrogen-bond acceptors (Lipinski definition) is 3. The molecule has 0 spiro atoms. The molecule has 0 aliphatic rings. The molecule has 1 radical (unpaired) electrons. The second-order valence-electron chi connectivity index (χ2n) is 10.5. The SMILES string of the molecule is CC[O][Al][CH](Cc1cc(C)cc(C(C)(C)C)c1O)c1cc(C)cc(C(C)(C)C)c1O. The molecule has 4 heteroatoms.